The molecule has 0 saturated heterocycles. The van der Waals surface area contributed by atoms with Crippen molar-refractivity contribution in [3.8, 4) is 0 Å². The van der Waals surface area contributed by atoms with E-state index in [2.05, 4.69) is 8.49 Å². The van der Waals surface area contributed by atoms with E-state index in [9.17, 15) is 18.5 Å². The van der Waals surface area contributed by atoms with E-state index in [0.717, 1.165) is 0 Å². The van der Waals surface area contributed by atoms with Gasteiger partial charge in [0.25, 0.3) is 15.7 Å². The van der Waals surface area contributed by atoms with E-state index in [1.807, 2.05) is 20.8 Å². The predicted octanol–water partition coefficient (Wildman–Crippen LogP) is 3.45. The van der Waals surface area contributed by atoms with Crippen LogP contribution in [-0.4, -0.2) is 18.9 Å². The number of nitro groups is 1. The van der Waals surface area contributed by atoms with Gasteiger partial charge >= 0.3 is 0 Å². The number of hydrogen-bond acceptors (Lipinski definition) is 4. The number of non-ortho nitro benzene ring substituents is 1. The maximum Gasteiger partial charge on any atom is 0.289 e. The molecule has 0 saturated carbocycles. The molecule has 1 N–H and O–H groups in total. The van der Waals surface area contributed by atoms with Crippen molar-refractivity contribution in [2.24, 2.45) is 3.77 Å². The van der Waals surface area contributed by atoms with Crippen LogP contribution >= 0.6 is 0 Å². The van der Waals surface area contributed by atoms with Gasteiger partial charge < -0.3 is 0 Å². The third kappa shape index (κ3) is 5.45. The Bertz CT molecular complexity index is 887. The van der Waals surface area contributed by atoms with Crippen LogP contribution in [0.3, 0.4) is 0 Å². The van der Waals surface area contributed by atoms with E-state index >= 15 is 0 Å². The molecule has 0 aliphatic rings. The smallest absolute Gasteiger partial charge is 0.258 e. The molecule has 0 radical (unpaired) electrons. The van der Waals surface area contributed by atoms with Crippen molar-refractivity contribution in [3.63, 3.8) is 0 Å². The van der Waals surface area contributed by atoms with Crippen molar-refractivity contribution in [2.45, 2.75) is 36.1 Å². The summed E-state index contributed by atoms with van der Waals surface area (Å²) in [6, 6.07) is 13.7. The van der Waals surface area contributed by atoms with Crippen LogP contribution in [0.1, 0.15) is 20.8 Å². The summed E-state index contributed by atoms with van der Waals surface area (Å²) < 4.78 is 32.3. The Morgan fingerprint density at radius 1 is 1.04 bits per heavy atom. The topological polar surface area (TPSA) is 102 Å². The van der Waals surface area contributed by atoms with Gasteiger partial charge in [0.05, 0.1) is 9.82 Å². The molecule has 9 heteroatoms. The molecule has 0 aliphatic heterocycles. The van der Waals surface area contributed by atoms with E-state index in [1.54, 1.807) is 18.2 Å². The molecule has 0 unspecified atom stereocenters. The molecule has 0 bridgehead atoms. The fourth-order valence-electron chi connectivity index (χ4n) is 1.84. The fourth-order valence-corrected chi connectivity index (χ4v) is 5.06. The second kappa shape index (κ2) is 7.42. The van der Waals surface area contributed by atoms with Gasteiger partial charge in [0.2, 0.25) is 0 Å². The van der Waals surface area contributed by atoms with Gasteiger partial charge in [-0.1, -0.05) is 18.2 Å². The number of rotatable bonds is 5. The van der Waals surface area contributed by atoms with Crippen LogP contribution in [0.15, 0.2) is 68.2 Å². The molecule has 0 spiro atoms. The summed E-state index contributed by atoms with van der Waals surface area (Å²) in [6.07, 6.45) is 0. The summed E-state index contributed by atoms with van der Waals surface area (Å²) in [5, 5.41) is 10.8. The second-order valence-electron chi connectivity index (χ2n) is 6.25. The van der Waals surface area contributed by atoms with Gasteiger partial charge in [-0.3, -0.25) is 10.1 Å². The first kappa shape index (κ1) is 19.2. The Morgan fingerprint density at radius 3 is 2.08 bits per heavy atom. The first-order valence-electron chi connectivity index (χ1n) is 7.38. The van der Waals surface area contributed by atoms with Gasteiger partial charge in [0.15, 0.2) is 0 Å². The molecule has 7 nitrogen and oxygen atoms in total. The lowest BCUT2D eigenvalue weighted by molar-refractivity contribution is -0.384. The number of sulfonamides is 1. The Morgan fingerprint density at radius 2 is 1.60 bits per heavy atom. The van der Waals surface area contributed by atoms with Crippen LogP contribution in [0.2, 0.25) is 0 Å². The maximum absolute atomic E-state index is 12.6. The number of benzene rings is 2. The monoisotopic (exact) mass is 381 g/mol. The first-order chi connectivity index (χ1) is 11.6. The lowest BCUT2D eigenvalue weighted by Gasteiger charge is -2.22. The predicted molar refractivity (Wildman–Crippen MR) is 97.7 cm³/mol. The van der Waals surface area contributed by atoms with Crippen LogP contribution in [0.4, 0.5) is 5.69 Å². The molecule has 0 aromatic heterocycles. The zero-order valence-corrected chi connectivity index (χ0v) is 15.7. The molecule has 2 aromatic carbocycles. The largest absolute Gasteiger partial charge is 0.289 e. The highest BCUT2D eigenvalue weighted by Gasteiger charge is 2.19. The van der Waals surface area contributed by atoms with Gasteiger partial charge in [-0.05, 0) is 45.0 Å². The van der Waals surface area contributed by atoms with E-state index in [1.165, 1.54) is 36.4 Å². The fraction of sp³-hybridized carbons (Fsp3) is 0.250. The third-order valence-electron chi connectivity index (χ3n) is 2.89. The number of nitro benzene ring substituents is 1. The zero-order chi connectivity index (χ0) is 18.7. The Labute approximate surface area is 149 Å². The summed E-state index contributed by atoms with van der Waals surface area (Å²) in [5.41, 5.74) is -0.463. The highest BCUT2D eigenvalue weighted by molar-refractivity contribution is 7.99. The van der Waals surface area contributed by atoms with Gasteiger partial charge in [-0.25, -0.2) is 4.72 Å². The molecule has 0 amide bonds. The molecule has 25 heavy (non-hydrogen) atoms. The van der Waals surface area contributed by atoms with Crippen molar-refractivity contribution in [1.82, 2.24) is 4.72 Å². The van der Waals surface area contributed by atoms with E-state index < -0.39 is 31.4 Å². The van der Waals surface area contributed by atoms with E-state index in [0.29, 0.717) is 4.90 Å². The second-order valence-corrected chi connectivity index (χ2v) is 9.51. The van der Waals surface area contributed by atoms with Crippen molar-refractivity contribution in [2.75, 3.05) is 0 Å². The minimum Gasteiger partial charge on any atom is -0.258 e. The Kier molecular flexibility index (Phi) is 5.71. The summed E-state index contributed by atoms with van der Waals surface area (Å²) >= 11 is 0. The minimum absolute atomic E-state index is 0.0611. The normalized spacial score (nSPS) is 13.6. The molecule has 0 fully saturated rings. The average molecular weight is 381 g/mol. The van der Waals surface area contributed by atoms with E-state index in [-0.39, 0.29) is 10.6 Å². The van der Waals surface area contributed by atoms with Crippen LogP contribution in [0, 0.1) is 10.1 Å². The van der Waals surface area contributed by atoms with Crippen molar-refractivity contribution >= 4 is 26.6 Å². The van der Waals surface area contributed by atoms with Crippen LogP contribution < -0.4 is 4.72 Å². The standard InChI is InChI=1S/C16H19N3O4S2/c1-16(2,3)17-24(14-11-9-13(10-12-14)19(20)21)18-25(22,23)15-7-5-4-6-8-15/h4-12H,1-3H3,(H,17,18)/t24-/m1/s1. The SMILES string of the molecule is CC(C)(C)N[S@](=NS(=O)(=O)c1ccccc1)c1ccc([N+](=O)[O-])cc1. The lowest BCUT2D eigenvalue weighted by atomic mass is 10.1. The summed E-state index contributed by atoms with van der Waals surface area (Å²) in [5.74, 6) is 0. The minimum atomic E-state index is -3.87. The number of nitrogens with one attached hydrogen (secondary N) is 1. The van der Waals surface area contributed by atoms with Crippen molar-refractivity contribution in [3.05, 3.63) is 64.7 Å². The van der Waals surface area contributed by atoms with Gasteiger partial charge in [0, 0.05) is 33.4 Å². The van der Waals surface area contributed by atoms with Crippen LogP contribution in [-0.2, 0) is 20.9 Å². The maximum atomic E-state index is 12.6. The lowest BCUT2D eigenvalue weighted by Crippen LogP contribution is -2.37. The van der Waals surface area contributed by atoms with Crippen molar-refractivity contribution in [1.29, 1.82) is 0 Å². The summed E-state index contributed by atoms with van der Waals surface area (Å²) in [6.45, 7) is 5.68. The van der Waals surface area contributed by atoms with Crippen molar-refractivity contribution < 1.29 is 13.3 Å². The van der Waals surface area contributed by atoms with Gasteiger partial charge in [0.1, 0.15) is 0 Å². The molecular weight excluding hydrogens is 362 g/mol. The summed E-state index contributed by atoms with van der Waals surface area (Å²) in [4.78, 5) is 11.0. The highest BCUT2D eigenvalue weighted by atomic mass is 32.3. The van der Waals surface area contributed by atoms with Gasteiger partial charge in [-0.15, -0.1) is 3.77 Å². The third-order valence-corrected chi connectivity index (χ3v) is 6.66. The molecule has 0 aliphatic carbocycles. The van der Waals surface area contributed by atoms with Crippen LogP contribution in [0.25, 0.3) is 0 Å². The Balaban J connectivity index is 2.51. The average Bonchev–Trinajstić information content (AvgIpc) is 2.53. The molecule has 134 valence electrons. The zero-order valence-electron chi connectivity index (χ0n) is 14.0. The van der Waals surface area contributed by atoms with Gasteiger partial charge in [-0.2, -0.15) is 8.42 Å². The van der Waals surface area contributed by atoms with Crippen LogP contribution in [0.5, 0.6) is 0 Å². The molecule has 2 aromatic rings. The number of nitrogens with zero attached hydrogens (tertiary/aromatic N) is 2. The molecule has 0 heterocycles. The van der Waals surface area contributed by atoms with E-state index in [4.69, 9.17) is 0 Å². The molecule has 2 rings (SSSR count). The number of hydrogen-bond donors (Lipinski definition) is 1. The highest BCUT2D eigenvalue weighted by Crippen LogP contribution is 2.20. The molecular formula is C16H19N3O4S2. The molecule has 1 atom stereocenters. The summed E-state index contributed by atoms with van der Waals surface area (Å²) in [7, 11) is -5.05. The Hall–Kier alpha value is -2.10. The quantitative estimate of drug-likeness (QED) is 0.631. The first-order valence-corrected chi connectivity index (χ1v) is 10.0.